The van der Waals surface area contributed by atoms with Gasteiger partial charge < -0.3 is 20.7 Å². The van der Waals surface area contributed by atoms with Gasteiger partial charge in [0.15, 0.2) is 5.96 Å². The summed E-state index contributed by atoms with van der Waals surface area (Å²) in [7, 11) is 0. The van der Waals surface area contributed by atoms with Crippen LogP contribution in [0.3, 0.4) is 0 Å². The lowest BCUT2D eigenvalue weighted by Crippen LogP contribution is -2.48. The molecule has 3 rings (SSSR count). The van der Waals surface area contributed by atoms with Gasteiger partial charge in [-0.1, -0.05) is 31.2 Å². The van der Waals surface area contributed by atoms with E-state index in [9.17, 15) is 4.79 Å². The highest BCUT2D eigenvalue weighted by molar-refractivity contribution is 14.0. The van der Waals surface area contributed by atoms with Gasteiger partial charge in [-0.05, 0) is 50.2 Å². The third kappa shape index (κ3) is 5.52. The van der Waals surface area contributed by atoms with E-state index in [-0.39, 0.29) is 41.5 Å². The highest BCUT2D eigenvalue weighted by Gasteiger charge is 2.31. The molecular formula is C21H33IN4O2. The number of carbonyl (C=O) groups excluding carboxylic acids is 1. The number of nitrogens with zero attached hydrogens (tertiary/aromatic N) is 2. The standard InChI is InChI=1S/C21H32N4O2.HI/c1-3-27-20(26)25-13-10-17(11-14-25)24-19(22)23-15-21(2)12-6-8-16-7-4-5-9-18(16)21;/h4-5,7,9,17H,3,6,8,10-15H2,1-2H3,(H3,22,23,24);1H. The van der Waals surface area contributed by atoms with Gasteiger partial charge in [-0.3, -0.25) is 4.99 Å². The summed E-state index contributed by atoms with van der Waals surface area (Å²) in [6, 6.07) is 8.96. The average molecular weight is 500 g/mol. The van der Waals surface area contributed by atoms with E-state index in [4.69, 9.17) is 10.5 Å². The van der Waals surface area contributed by atoms with Crippen LogP contribution in [0.1, 0.15) is 50.7 Å². The zero-order chi connectivity index (χ0) is 19.3. The molecule has 156 valence electrons. The molecule has 1 aliphatic carbocycles. The maximum absolute atomic E-state index is 11.8. The molecule has 1 saturated heterocycles. The predicted molar refractivity (Wildman–Crippen MR) is 123 cm³/mol. The van der Waals surface area contributed by atoms with Gasteiger partial charge in [0.05, 0.1) is 13.2 Å². The Labute approximate surface area is 185 Å². The maximum Gasteiger partial charge on any atom is 0.409 e. The summed E-state index contributed by atoms with van der Waals surface area (Å²) in [5.74, 6) is 0.508. The van der Waals surface area contributed by atoms with Gasteiger partial charge in [0.2, 0.25) is 0 Å². The summed E-state index contributed by atoms with van der Waals surface area (Å²) in [5.41, 5.74) is 9.08. The number of rotatable bonds is 4. The minimum atomic E-state index is -0.221. The Balaban J connectivity index is 0.00000280. The van der Waals surface area contributed by atoms with Crippen molar-refractivity contribution in [1.29, 1.82) is 0 Å². The molecule has 1 aromatic carbocycles. The van der Waals surface area contributed by atoms with Crippen molar-refractivity contribution in [2.24, 2.45) is 10.7 Å². The molecule has 1 aromatic rings. The Hall–Kier alpha value is -1.51. The first-order valence-corrected chi connectivity index (χ1v) is 10.1. The van der Waals surface area contributed by atoms with Crippen LogP contribution in [0.4, 0.5) is 4.79 Å². The molecule has 0 aromatic heterocycles. The zero-order valence-electron chi connectivity index (χ0n) is 16.9. The summed E-state index contributed by atoms with van der Waals surface area (Å²) < 4.78 is 5.06. The van der Waals surface area contributed by atoms with Crippen LogP contribution in [0, 0.1) is 0 Å². The second kappa shape index (κ2) is 10.3. The Morgan fingerprint density at radius 3 is 2.79 bits per heavy atom. The van der Waals surface area contributed by atoms with Gasteiger partial charge in [-0.15, -0.1) is 24.0 Å². The molecule has 1 amide bonds. The molecule has 2 aliphatic rings. The highest BCUT2D eigenvalue weighted by Crippen LogP contribution is 2.37. The molecule has 0 saturated carbocycles. The minimum absolute atomic E-state index is 0. The van der Waals surface area contributed by atoms with Crippen molar-refractivity contribution in [1.82, 2.24) is 10.2 Å². The number of fused-ring (bicyclic) bond motifs is 1. The Bertz CT molecular complexity index is 689. The monoisotopic (exact) mass is 500 g/mol. The average Bonchev–Trinajstić information content (AvgIpc) is 2.68. The number of nitrogens with one attached hydrogen (secondary N) is 1. The molecule has 1 atom stereocenters. The van der Waals surface area contributed by atoms with E-state index in [2.05, 4.69) is 41.5 Å². The number of aliphatic imine (C=N–C) groups is 1. The van der Waals surface area contributed by atoms with E-state index in [0.29, 0.717) is 32.2 Å². The lowest BCUT2D eigenvalue weighted by atomic mass is 9.71. The smallest absolute Gasteiger partial charge is 0.409 e. The molecule has 1 heterocycles. The minimum Gasteiger partial charge on any atom is -0.450 e. The topological polar surface area (TPSA) is 80.0 Å². The molecule has 6 nitrogen and oxygen atoms in total. The first-order chi connectivity index (χ1) is 13.0. The molecule has 1 fully saturated rings. The van der Waals surface area contributed by atoms with Crippen LogP contribution in [0.2, 0.25) is 0 Å². The molecular weight excluding hydrogens is 467 g/mol. The molecule has 7 heteroatoms. The lowest BCUT2D eigenvalue weighted by Gasteiger charge is -2.35. The van der Waals surface area contributed by atoms with Crippen molar-refractivity contribution < 1.29 is 9.53 Å². The van der Waals surface area contributed by atoms with E-state index < -0.39 is 0 Å². The van der Waals surface area contributed by atoms with E-state index in [1.54, 1.807) is 4.90 Å². The van der Waals surface area contributed by atoms with Crippen LogP contribution in [0.25, 0.3) is 0 Å². The van der Waals surface area contributed by atoms with Crippen LogP contribution < -0.4 is 11.1 Å². The van der Waals surface area contributed by atoms with E-state index >= 15 is 0 Å². The number of hydrogen-bond acceptors (Lipinski definition) is 3. The maximum atomic E-state index is 11.8. The van der Waals surface area contributed by atoms with Crippen molar-refractivity contribution in [3.05, 3.63) is 35.4 Å². The van der Waals surface area contributed by atoms with Gasteiger partial charge in [0, 0.05) is 24.5 Å². The van der Waals surface area contributed by atoms with Gasteiger partial charge in [0.1, 0.15) is 0 Å². The highest BCUT2D eigenvalue weighted by atomic mass is 127. The quantitative estimate of drug-likeness (QED) is 0.377. The number of hydrogen-bond donors (Lipinski definition) is 2. The molecule has 0 radical (unpaired) electrons. The normalized spacial score (nSPS) is 22.8. The van der Waals surface area contributed by atoms with Gasteiger partial charge >= 0.3 is 6.09 Å². The third-order valence-corrected chi connectivity index (χ3v) is 5.81. The number of piperidine rings is 1. The van der Waals surface area contributed by atoms with Crippen molar-refractivity contribution in [2.45, 2.75) is 57.4 Å². The number of likely N-dealkylation sites (tertiary alicyclic amines) is 1. The van der Waals surface area contributed by atoms with Crippen molar-refractivity contribution in [2.75, 3.05) is 26.2 Å². The Morgan fingerprint density at radius 2 is 2.07 bits per heavy atom. The van der Waals surface area contributed by atoms with E-state index in [1.807, 2.05) is 6.92 Å². The molecule has 28 heavy (non-hydrogen) atoms. The van der Waals surface area contributed by atoms with Crippen molar-refractivity contribution in [3.8, 4) is 0 Å². The summed E-state index contributed by atoms with van der Waals surface area (Å²) >= 11 is 0. The van der Waals surface area contributed by atoms with Crippen molar-refractivity contribution in [3.63, 3.8) is 0 Å². The number of carbonyl (C=O) groups is 1. The molecule has 0 spiro atoms. The van der Waals surface area contributed by atoms with Crippen molar-refractivity contribution >= 4 is 36.0 Å². The number of ether oxygens (including phenoxy) is 1. The fourth-order valence-electron chi connectivity index (χ4n) is 4.23. The summed E-state index contributed by atoms with van der Waals surface area (Å²) in [6.45, 7) is 6.61. The number of nitrogens with two attached hydrogens (primary N) is 1. The summed E-state index contributed by atoms with van der Waals surface area (Å²) in [6.07, 6.45) is 4.98. The largest absolute Gasteiger partial charge is 0.450 e. The first-order valence-electron chi connectivity index (χ1n) is 10.1. The second-order valence-corrected chi connectivity index (χ2v) is 7.88. The zero-order valence-corrected chi connectivity index (χ0v) is 19.3. The predicted octanol–water partition coefficient (Wildman–Crippen LogP) is 3.42. The number of halogens is 1. The number of amides is 1. The molecule has 3 N–H and O–H groups in total. The molecule has 1 unspecified atom stereocenters. The number of benzene rings is 1. The van der Waals surface area contributed by atoms with E-state index in [1.165, 1.54) is 17.5 Å². The number of guanidine groups is 1. The number of aryl methyl sites for hydroxylation is 1. The molecule has 1 aliphatic heterocycles. The van der Waals surface area contributed by atoms with Crippen LogP contribution in [0.5, 0.6) is 0 Å². The third-order valence-electron chi connectivity index (χ3n) is 5.81. The lowest BCUT2D eigenvalue weighted by molar-refractivity contribution is 0.0963. The van der Waals surface area contributed by atoms with Gasteiger partial charge in [0.25, 0.3) is 0 Å². The fourth-order valence-corrected chi connectivity index (χ4v) is 4.23. The SMILES string of the molecule is CCOC(=O)N1CCC(NC(N)=NCC2(C)CCCc3ccccc32)CC1.I. The second-order valence-electron chi connectivity index (χ2n) is 7.88. The molecule has 0 bridgehead atoms. The fraction of sp³-hybridized carbons (Fsp3) is 0.619. The first kappa shape index (κ1) is 22.8. The Morgan fingerprint density at radius 1 is 1.36 bits per heavy atom. The van der Waals surface area contributed by atoms with Gasteiger partial charge in [-0.2, -0.15) is 0 Å². The van der Waals surface area contributed by atoms with E-state index in [0.717, 1.165) is 25.7 Å². The van der Waals surface area contributed by atoms with Crippen LogP contribution in [-0.4, -0.2) is 49.2 Å². The van der Waals surface area contributed by atoms with Gasteiger partial charge in [-0.25, -0.2) is 4.79 Å². The Kier molecular flexibility index (Phi) is 8.39. The van der Waals surface area contributed by atoms with Crippen LogP contribution in [-0.2, 0) is 16.6 Å². The van der Waals surface area contributed by atoms with Crippen LogP contribution >= 0.6 is 24.0 Å². The summed E-state index contributed by atoms with van der Waals surface area (Å²) in [4.78, 5) is 18.2. The summed E-state index contributed by atoms with van der Waals surface area (Å²) in [5, 5.41) is 3.34. The van der Waals surface area contributed by atoms with Crippen LogP contribution in [0.15, 0.2) is 29.3 Å².